The van der Waals surface area contributed by atoms with E-state index in [9.17, 15) is 18.0 Å². The number of sulfone groups is 1. The molecule has 2 amide bonds. The standard InChI is InChI=1S/C24H31N3O4S/c1-3-26(4-2)24(29)22-19-25(17-18-32(30,31)21-13-9-6-10-14-21)15-16-27(22)23(28)20-11-7-5-8-12-20/h5-14,22H,3-4,15-19H2,1-2H3. The minimum absolute atomic E-state index is 0.0319. The van der Waals surface area contributed by atoms with Gasteiger partial charge in [0.15, 0.2) is 9.84 Å². The highest BCUT2D eigenvalue weighted by Crippen LogP contribution is 2.18. The molecule has 1 unspecified atom stereocenters. The van der Waals surface area contributed by atoms with Crippen molar-refractivity contribution in [1.82, 2.24) is 14.7 Å². The van der Waals surface area contributed by atoms with Crippen molar-refractivity contribution in [3.05, 3.63) is 66.2 Å². The minimum Gasteiger partial charge on any atom is -0.341 e. The van der Waals surface area contributed by atoms with Gasteiger partial charge in [0.05, 0.1) is 10.6 Å². The van der Waals surface area contributed by atoms with Crippen molar-refractivity contribution in [3.8, 4) is 0 Å². The predicted molar refractivity (Wildman–Crippen MR) is 124 cm³/mol. The van der Waals surface area contributed by atoms with Crippen LogP contribution >= 0.6 is 0 Å². The summed E-state index contributed by atoms with van der Waals surface area (Å²) in [6.07, 6.45) is 0. The molecule has 8 heteroatoms. The third kappa shape index (κ3) is 5.55. The summed E-state index contributed by atoms with van der Waals surface area (Å²) >= 11 is 0. The molecule has 2 aromatic rings. The topological polar surface area (TPSA) is 78.0 Å². The predicted octanol–water partition coefficient (Wildman–Crippen LogP) is 2.16. The van der Waals surface area contributed by atoms with E-state index in [-0.39, 0.29) is 17.6 Å². The van der Waals surface area contributed by atoms with E-state index in [0.717, 1.165) is 0 Å². The summed E-state index contributed by atoms with van der Waals surface area (Å²) in [5, 5.41) is 0. The molecule has 1 saturated heterocycles. The normalized spacial score (nSPS) is 17.2. The second-order valence-corrected chi connectivity index (χ2v) is 9.93. The van der Waals surface area contributed by atoms with Gasteiger partial charge in [0.2, 0.25) is 5.91 Å². The quantitative estimate of drug-likeness (QED) is 0.607. The number of hydrogen-bond acceptors (Lipinski definition) is 5. The molecule has 0 spiro atoms. The first kappa shape index (κ1) is 23.9. The molecule has 1 heterocycles. The van der Waals surface area contributed by atoms with Crippen LogP contribution in [0.25, 0.3) is 0 Å². The number of carbonyl (C=O) groups is 2. The summed E-state index contributed by atoms with van der Waals surface area (Å²) < 4.78 is 25.4. The van der Waals surface area contributed by atoms with Crippen molar-refractivity contribution < 1.29 is 18.0 Å². The van der Waals surface area contributed by atoms with Crippen molar-refractivity contribution in [2.24, 2.45) is 0 Å². The van der Waals surface area contributed by atoms with Crippen LogP contribution in [0.4, 0.5) is 0 Å². The van der Waals surface area contributed by atoms with Crippen molar-refractivity contribution in [2.45, 2.75) is 24.8 Å². The molecule has 0 radical (unpaired) electrons. The molecule has 7 nitrogen and oxygen atoms in total. The van der Waals surface area contributed by atoms with E-state index in [1.54, 1.807) is 64.4 Å². The van der Waals surface area contributed by atoms with E-state index in [2.05, 4.69) is 0 Å². The zero-order valence-electron chi connectivity index (χ0n) is 18.7. The third-order valence-electron chi connectivity index (χ3n) is 5.88. The van der Waals surface area contributed by atoms with Crippen LogP contribution in [0.1, 0.15) is 24.2 Å². The van der Waals surface area contributed by atoms with Gasteiger partial charge in [0.1, 0.15) is 6.04 Å². The number of nitrogens with zero attached hydrogens (tertiary/aromatic N) is 3. The van der Waals surface area contributed by atoms with Crippen LogP contribution in [0, 0.1) is 0 Å². The highest BCUT2D eigenvalue weighted by molar-refractivity contribution is 7.91. The van der Waals surface area contributed by atoms with Crippen LogP contribution in [0.15, 0.2) is 65.6 Å². The Balaban J connectivity index is 1.76. The van der Waals surface area contributed by atoms with Gasteiger partial charge in [-0.2, -0.15) is 0 Å². The van der Waals surface area contributed by atoms with Gasteiger partial charge in [0, 0.05) is 44.8 Å². The second kappa shape index (κ2) is 10.7. The molecule has 2 aromatic carbocycles. The molecular formula is C24H31N3O4S. The Bertz CT molecular complexity index is 1010. The molecule has 32 heavy (non-hydrogen) atoms. The number of carbonyl (C=O) groups excluding carboxylic acids is 2. The Morgan fingerprint density at radius 2 is 1.53 bits per heavy atom. The van der Waals surface area contributed by atoms with Crippen LogP contribution in [0.3, 0.4) is 0 Å². The van der Waals surface area contributed by atoms with E-state index >= 15 is 0 Å². The summed E-state index contributed by atoms with van der Waals surface area (Å²) in [6.45, 7) is 6.46. The molecule has 1 aliphatic rings. The summed E-state index contributed by atoms with van der Waals surface area (Å²) in [5.74, 6) is -0.307. The smallest absolute Gasteiger partial charge is 0.254 e. The molecule has 3 rings (SSSR count). The number of amides is 2. The SMILES string of the molecule is CCN(CC)C(=O)C1CN(CCS(=O)(=O)c2ccccc2)CCN1C(=O)c1ccccc1. The summed E-state index contributed by atoms with van der Waals surface area (Å²) in [6, 6.07) is 16.7. The van der Waals surface area contributed by atoms with E-state index in [1.807, 2.05) is 24.8 Å². The average Bonchev–Trinajstić information content (AvgIpc) is 2.84. The number of rotatable bonds is 8. The zero-order valence-corrected chi connectivity index (χ0v) is 19.5. The number of piperazine rings is 1. The summed E-state index contributed by atoms with van der Waals surface area (Å²) in [5.41, 5.74) is 0.546. The Kier molecular flexibility index (Phi) is 8.04. The lowest BCUT2D eigenvalue weighted by Crippen LogP contribution is -2.61. The fraction of sp³-hybridized carbons (Fsp3) is 0.417. The lowest BCUT2D eigenvalue weighted by atomic mass is 10.1. The van der Waals surface area contributed by atoms with Gasteiger partial charge in [-0.1, -0.05) is 36.4 Å². The van der Waals surface area contributed by atoms with Gasteiger partial charge >= 0.3 is 0 Å². The zero-order chi connectivity index (χ0) is 23.1. The average molecular weight is 458 g/mol. The molecule has 0 saturated carbocycles. The largest absolute Gasteiger partial charge is 0.341 e. The second-order valence-electron chi connectivity index (χ2n) is 7.82. The van der Waals surface area contributed by atoms with Gasteiger partial charge in [0.25, 0.3) is 5.91 Å². The monoisotopic (exact) mass is 457 g/mol. The first-order chi connectivity index (χ1) is 15.4. The lowest BCUT2D eigenvalue weighted by molar-refractivity contribution is -0.137. The molecule has 172 valence electrons. The van der Waals surface area contributed by atoms with Crippen molar-refractivity contribution in [1.29, 1.82) is 0 Å². The van der Waals surface area contributed by atoms with Crippen LogP contribution in [0.5, 0.6) is 0 Å². The maximum absolute atomic E-state index is 13.3. The molecule has 1 fully saturated rings. The highest BCUT2D eigenvalue weighted by Gasteiger charge is 2.37. The molecule has 1 aliphatic heterocycles. The highest BCUT2D eigenvalue weighted by atomic mass is 32.2. The fourth-order valence-electron chi connectivity index (χ4n) is 3.98. The lowest BCUT2D eigenvalue weighted by Gasteiger charge is -2.42. The van der Waals surface area contributed by atoms with E-state index in [1.165, 1.54) is 0 Å². The van der Waals surface area contributed by atoms with Gasteiger partial charge in [-0.25, -0.2) is 8.42 Å². The Morgan fingerprint density at radius 1 is 0.938 bits per heavy atom. The first-order valence-electron chi connectivity index (χ1n) is 11.0. The van der Waals surface area contributed by atoms with Gasteiger partial charge in [-0.3, -0.25) is 14.5 Å². The maximum Gasteiger partial charge on any atom is 0.254 e. The van der Waals surface area contributed by atoms with E-state index < -0.39 is 15.9 Å². The van der Waals surface area contributed by atoms with Crippen LogP contribution < -0.4 is 0 Å². The van der Waals surface area contributed by atoms with Crippen LogP contribution in [-0.2, 0) is 14.6 Å². The number of hydrogen-bond donors (Lipinski definition) is 0. The molecule has 1 atom stereocenters. The van der Waals surface area contributed by atoms with E-state index in [4.69, 9.17) is 0 Å². The molecule has 0 aromatic heterocycles. The Morgan fingerprint density at radius 3 is 2.12 bits per heavy atom. The van der Waals surface area contributed by atoms with E-state index in [0.29, 0.717) is 49.7 Å². The summed E-state index contributed by atoms with van der Waals surface area (Å²) in [7, 11) is -3.41. The number of benzene rings is 2. The summed E-state index contributed by atoms with van der Waals surface area (Å²) in [4.78, 5) is 32.1. The molecular weight excluding hydrogens is 426 g/mol. The van der Waals surface area contributed by atoms with Crippen molar-refractivity contribution in [2.75, 3.05) is 45.0 Å². The number of likely N-dealkylation sites (N-methyl/N-ethyl adjacent to an activating group) is 1. The Labute approximate surface area is 190 Å². The third-order valence-corrected chi connectivity index (χ3v) is 7.60. The molecule has 0 aliphatic carbocycles. The molecule has 0 N–H and O–H groups in total. The Hall–Kier alpha value is -2.71. The van der Waals surface area contributed by atoms with Gasteiger partial charge in [-0.05, 0) is 38.1 Å². The molecule has 0 bridgehead atoms. The maximum atomic E-state index is 13.3. The van der Waals surface area contributed by atoms with Crippen LogP contribution in [0.2, 0.25) is 0 Å². The van der Waals surface area contributed by atoms with Crippen molar-refractivity contribution in [3.63, 3.8) is 0 Å². The van der Waals surface area contributed by atoms with Crippen molar-refractivity contribution >= 4 is 21.7 Å². The minimum atomic E-state index is -3.41. The first-order valence-corrected chi connectivity index (χ1v) is 12.7. The van der Waals surface area contributed by atoms with Gasteiger partial charge < -0.3 is 9.80 Å². The van der Waals surface area contributed by atoms with Gasteiger partial charge in [-0.15, -0.1) is 0 Å². The fourth-order valence-corrected chi connectivity index (χ4v) is 5.29. The van der Waals surface area contributed by atoms with Crippen LogP contribution in [-0.4, -0.2) is 86.0 Å².